The van der Waals surface area contributed by atoms with Crippen molar-refractivity contribution in [2.24, 2.45) is 0 Å². The first kappa shape index (κ1) is 8.48. The van der Waals surface area contributed by atoms with E-state index in [4.69, 9.17) is 5.26 Å². The first-order valence-electron chi connectivity index (χ1n) is 3.71. The lowest BCUT2D eigenvalue weighted by atomic mass is 10.0. The number of hydrogen-bond acceptors (Lipinski definition) is 2. The third kappa shape index (κ3) is 1.70. The predicted octanol–water partition coefficient (Wildman–Crippen LogP) is 1.61. The zero-order valence-electron chi connectivity index (χ0n) is 6.87. The Morgan fingerprint density at radius 1 is 1.58 bits per heavy atom. The van der Waals surface area contributed by atoms with Crippen LogP contribution in [0.25, 0.3) is 0 Å². The minimum atomic E-state index is 0.323. The topological polar surface area (TPSA) is 40.9 Å². The van der Waals surface area contributed by atoms with Gasteiger partial charge in [-0.15, -0.1) is 0 Å². The summed E-state index contributed by atoms with van der Waals surface area (Å²) in [6, 6.07) is 7.58. The highest BCUT2D eigenvalue weighted by molar-refractivity contribution is 5.58. The molecule has 1 aromatic carbocycles. The van der Waals surface area contributed by atoms with E-state index in [-0.39, 0.29) is 0 Å². The zero-order valence-corrected chi connectivity index (χ0v) is 6.87. The van der Waals surface area contributed by atoms with Crippen LogP contribution >= 0.6 is 0 Å². The fraction of sp³-hybridized carbons (Fsp3) is 0.200. The molecular formula is C10H9NO. The van der Waals surface area contributed by atoms with Crippen LogP contribution < -0.4 is 0 Å². The van der Waals surface area contributed by atoms with Gasteiger partial charge in [0.1, 0.15) is 6.29 Å². The summed E-state index contributed by atoms with van der Waals surface area (Å²) in [4.78, 5) is 10.2. The van der Waals surface area contributed by atoms with E-state index >= 15 is 0 Å². The molecule has 2 heteroatoms. The van der Waals surface area contributed by atoms with Gasteiger partial charge in [0.2, 0.25) is 0 Å². The van der Waals surface area contributed by atoms with Gasteiger partial charge in [0.15, 0.2) is 0 Å². The largest absolute Gasteiger partial charge is 0.303 e. The number of aldehydes is 1. The van der Waals surface area contributed by atoms with E-state index in [2.05, 4.69) is 6.07 Å². The van der Waals surface area contributed by atoms with Crippen LogP contribution in [0.4, 0.5) is 0 Å². The lowest BCUT2D eigenvalue weighted by molar-refractivity contribution is -0.107. The third-order valence-corrected chi connectivity index (χ3v) is 1.69. The predicted molar refractivity (Wildman–Crippen MR) is 45.7 cm³/mol. The first-order chi connectivity index (χ1) is 5.77. The maximum Gasteiger partial charge on any atom is 0.124 e. The van der Waals surface area contributed by atoms with Gasteiger partial charge in [0, 0.05) is 6.42 Å². The lowest BCUT2D eigenvalue weighted by Gasteiger charge is -1.99. The molecule has 60 valence electrons. The second-order valence-corrected chi connectivity index (χ2v) is 2.64. The van der Waals surface area contributed by atoms with E-state index < -0.39 is 0 Å². The van der Waals surface area contributed by atoms with Crippen LogP contribution in [0.5, 0.6) is 0 Å². The van der Waals surface area contributed by atoms with Crippen molar-refractivity contribution in [1.82, 2.24) is 0 Å². The van der Waals surface area contributed by atoms with Gasteiger partial charge >= 0.3 is 0 Å². The molecule has 0 saturated carbocycles. The molecule has 1 rings (SSSR count). The maximum absolute atomic E-state index is 10.2. The van der Waals surface area contributed by atoms with Gasteiger partial charge in [-0.25, -0.2) is 0 Å². The van der Waals surface area contributed by atoms with Crippen LogP contribution in [-0.2, 0) is 11.2 Å². The van der Waals surface area contributed by atoms with Crippen molar-refractivity contribution in [3.63, 3.8) is 0 Å². The van der Waals surface area contributed by atoms with Crippen molar-refractivity contribution < 1.29 is 4.79 Å². The molecule has 0 fully saturated rings. The van der Waals surface area contributed by atoms with E-state index in [1.807, 2.05) is 19.1 Å². The molecule has 0 aliphatic carbocycles. The quantitative estimate of drug-likeness (QED) is 0.615. The minimum absolute atomic E-state index is 0.323. The number of aryl methyl sites for hydroxylation is 1. The molecule has 0 bridgehead atoms. The first-order valence-corrected chi connectivity index (χ1v) is 3.71. The average molecular weight is 159 g/mol. The number of carbonyl (C=O) groups excluding carboxylic acids is 1. The Hall–Kier alpha value is -1.62. The van der Waals surface area contributed by atoms with Crippen molar-refractivity contribution in [3.8, 4) is 6.07 Å². The number of nitrogens with zero attached hydrogens (tertiary/aromatic N) is 1. The molecule has 0 amide bonds. The fourth-order valence-corrected chi connectivity index (χ4v) is 1.06. The van der Waals surface area contributed by atoms with Gasteiger partial charge < -0.3 is 4.79 Å². The number of rotatable bonds is 2. The third-order valence-electron chi connectivity index (χ3n) is 1.69. The maximum atomic E-state index is 10.2. The molecule has 12 heavy (non-hydrogen) atoms. The van der Waals surface area contributed by atoms with Crippen LogP contribution in [0.1, 0.15) is 16.7 Å². The molecule has 0 aliphatic rings. The summed E-state index contributed by atoms with van der Waals surface area (Å²) in [6.07, 6.45) is 1.13. The number of benzene rings is 1. The Morgan fingerprint density at radius 2 is 2.33 bits per heavy atom. The summed E-state index contributed by atoms with van der Waals surface area (Å²) in [7, 11) is 0. The molecule has 0 saturated heterocycles. The van der Waals surface area contributed by atoms with Gasteiger partial charge in [-0.1, -0.05) is 12.1 Å². The summed E-state index contributed by atoms with van der Waals surface area (Å²) >= 11 is 0. The van der Waals surface area contributed by atoms with Gasteiger partial charge in [-0.3, -0.25) is 0 Å². The molecule has 0 N–H and O–H groups in total. The van der Waals surface area contributed by atoms with Crippen LogP contribution in [-0.4, -0.2) is 6.29 Å². The highest BCUT2D eigenvalue weighted by Crippen LogP contribution is 2.10. The second-order valence-electron chi connectivity index (χ2n) is 2.64. The van der Waals surface area contributed by atoms with Gasteiger partial charge in [-0.2, -0.15) is 5.26 Å². The Morgan fingerprint density at radius 3 is 2.92 bits per heavy atom. The van der Waals surface area contributed by atoms with Crippen molar-refractivity contribution in [3.05, 3.63) is 34.9 Å². The van der Waals surface area contributed by atoms with E-state index in [1.54, 1.807) is 6.07 Å². The summed E-state index contributed by atoms with van der Waals surface area (Å²) in [5, 5.41) is 8.70. The number of carbonyl (C=O) groups is 1. The van der Waals surface area contributed by atoms with Crippen molar-refractivity contribution >= 4 is 6.29 Å². The smallest absolute Gasteiger partial charge is 0.124 e. The standard InChI is InChI=1S/C10H9NO/c1-8-2-3-9(4-5-12)10(6-8)7-11/h2-3,5-6H,4H2,1H3. The highest BCUT2D eigenvalue weighted by atomic mass is 16.1. The fourth-order valence-electron chi connectivity index (χ4n) is 1.06. The van der Waals surface area contributed by atoms with Crippen molar-refractivity contribution in [2.45, 2.75) is 13.3 Å². The molecule has 0 atom stereocenters. The van der Waals surface area contributed by atoms with Crippen LogP contribution in [0.15, 0.2) is 18.2 Å². The van der Waals surface area contributed by atoms with Crippen LogP contribution in [0.3, 0.4) is 0 Å². The summed E-state index contributed by atoms with van der Waals surface area (Å²) in [6.45, 7) is 1.92. The van der Waals surface area contributed by atoms with E-state index in [9.17, 15) is 4.79 Å². The molecule has 1 aromatic rings. The monoisotopic (exact) mass is 159 g/mol. The Labute approximate surface area is 71.4 Å². The lowest BCUT2D eigenvalue weighted by Crippen LogP contribution is -1.91. The highest BCUT2D eigenvalue weighted by Gasteiger charge is 2.00. The van der Waals surface area contributed by atoms with E-state index in [0.29, 0.717) is 12.0 Å². The van der Waals surface area contributed by atoms with E-state index in [1.165, 1.54) is 0 Å². The molecule has 0 aliphatic heterocycles. The molecule has 0 aromatic heterocycles. The number of nitriles is 1. The molecule has 0 radical (unpaired) electrons. The van der Waals surface area contributed by atoms with Crippen LogP contribution in [0.2, 0.25) is 0 Å². The summed E-state index contributed by atoms with van der Waals surface area (Å²) in [5.74, 6) is 0. The summed E-state index contributed by atoms with van der Waals surface area (Å²) < 4.78 is 0. The van der Waals surface area contributed by atoms with Crippen LogP contribution in [0, 0.1) is 18.3 Å². The van der Waals surface area contributed by atoms with Crippen molar-refractivity contribution in [2.75, 3.05) is 0 Å². The number of hydrogen-bond donors (Lipinski definition) is 0. The Bertz CT molecular complexity index is 336. The Kier molecular flexibility index (Phi) is 2.60. The Balaban J connectivity index is 3.12. The van der Waals surface area contributed by atoms with Gasteiger partial charge in [0.05, 0.1) is 11.6 Å². The van der Waals surface area contributed by atoms with Gasteiger partial charge in [-0.05, 0) is 24.1 Å². The molecule has 2 nitrogen and oxygen atoms in total. The average Bonchev–Trinajstić information content (AvgIpc) is 2.08. The van der Waals surface area contributed by atoms with E-state index in [0.717, 1.165) is 17.4 Å². The molecule has 0 spiro atoms. The SMILES string of the molecule is Cc1ccc(CC=O)c(C#N)c1. The molecule has 0 unspecified atom stereocenters. The molecule has 0 heterocycles. The molecular weight excluding hydrogens is 150 g/mol. The summed E-state index contributed by atoms with van der Waals surface area (Å²) in [5.41, 5.74) is 2.45. The normalized spacial score (nSPS) is 9.00. The minimum Gasteiger partial charge on any atom is -0.303 e. The van der Waals surface area contributed by atoms with Gasteiger partial charge in [0.25, 0.3) is 0 Å². The van der Waals surface area contributed by atoms with Crippen molar-refractivity contribution in [1.29, 1.82) is 5.26 Å². The second kappa shape index (κ2) is 3.68. The zero-order chi connectivity index (χ0) is 8.97.